The summed E-state index contributed by atoms with van der Waals surface area (Å²) in [7, 11) is 5.52. The molecular formula is C20H34N6O. The molecule has 2 aliphatic rings. The number of rotatable bonds is 5. The summed E-state index contributed by atoms with van der Waals surface area (Å²) in [6.07, 6.45) is 11.8. The molecule has 1 saturated heterocycles. The Morgan fingerprint density at radius 1 is 1.30 bits per heavy atom. The van der Waals surface area contributed by atoms with Crippen molar-refractivity contribution < 1.29 is 4.79 Å². The molecule has 2 heterocycles. The van der Waals surface area contributed by atoms with Gasteiger partial charge in [-0.25, -0.2) is 4.99 Å². The van der Waals surface area contributed by atoms with Gasteiger partial charge in [-0.2, -0.15) is 5.10 Å². The van der Waals surface area contributed by atoms with E-state index in [1.165, 1.54) is 37.7 Å². The van der Waals surface area contributed by atoms with Crippen LogP contribution in [0.15, 0.2) is 17.4 Å². The second-order valence-corrected chi connectivity index (χ2v) is 8.19. The molecule has 0 aromatic carbocycles. The number of aromatic nitrogens is 2. The number of amides is 1. The van der Waals surface area contributed by atoms with Crippen LogP contribution in [-0.4, -0.2) is 71.7 Å². The van der Waals surface area contributed by atoms with Gasteiger partial charge in [0.15, 0.2) is 5.96 Å². The number of likely N-dealkylation sites (tertiary alicyclic amines) is 1. The van der Waals surface area contributed by atoms with Crippen molar-refractivity contribution in [3.8, 4) is 0 Å². The van der Waals surface area contributed by atoms with Gasteiger partial charge in [0, 0.05) is 52.9 Å². The number of aliphatic imine (C=N–C) groups is 1. The highest BCUT2D eigenvalue weighted by Gasteiger charge is 2.27. The average Bonchev–Trinajstić information content (AvgIpc) is 3.31. The third kappa shape index (κ3) is 5.47. The molecule has 3 rings (SSSR count). The number of guanidine groups is 1. The van der Waals surface area contributed by atoms with E-state index in [-0.39, 0.29) is 12.5 Å². The molecule has 0 bridgehead atoms. The van der Waals surface area contributed by atoms with Crippen molar-refractivity contribution >= 4 is 11.9 Å². The van der Waals surface area contributed by atoms with Crippen LogP contribution in [0, 0.1) is 5.92 Å². The maximum absolute atomic E-state index is 12.0. The first-order chi connectivity index (χ1) is 13.0. The SMILES string of the molecule is CN(C)C(=O)CN=C(NCC1CCCCC1)N1CCC(c2cnn(C)c2)C1. The van der Waals surface area contributed by atoms with E-state index in [4.69, 9.17) is 0 Å². The number of nitrogens with zero attached hydrogens (tertiary/aromatic N) is 5. The smallest absolute Gasteiger partial charge is 0.243 e. The van der Waals surface area contributed by atoms with E-state index in [0.717, 1.165) is 37.9 Å². The molecule has 1 aliphatic carbocycles. The van der Waals surface area contributed by atoms with Crippen LogP contribution in [0.2, 0.25) is 0 Å². The first kappa shape index (κ1) is 19.7. The standard InChI is InChI=1S/C20H34N6O/c1-24(2)19(27)13-22-20(21-11-16-7-5-4-6-8-16)26-10-9-17(15-26)18-12-23-25(3)14-18/h12,14,16-17H,4-11,13,15H2,1-3H3,(H,21,22). The van der Waals surface area contributed by atoms with Gasteiger partial charge in [0.05, 0.1) is 6.20 Å². The highest BCUT2D eigenvalue weighted by molar-refractivity contribution is 5.85. The fourth-order valence-electron chi connectivity index (χ4n) is 4.05. The fraction of sp³-hybridized carbons (Fsp3) is 0.750. The van der Waals surface area contributed by atoms with Crippen LogP contribution in [0.25, 0.3) is 0 Å². The summed E-state index contributed by atoms with van der Waals surface area (Å²) in [5, 5.41) is 7.90. The number of hydrogen-bond acceptors (Lipinski definition) is 3. The van der Waals surface area contributed by atoms with E-state index in [0.29, 0.717) is 5.92 Å². The van der Waals surface area contributed by atoms with Crippen LogP contribution in [0.1, 0.15) is 50.0 Å². The van der Waals surface area contributed by atoms with Crippen molar-refractivity contribution in [3.63, 3.8) is 0 Å². The lowest BCUT2D eigenvalue weighted by Gasteiger charge is -2.26. The fourth-order valence-corrected chi connectivity index (χ4v) is 4.05. The van der Waals surface area contributed by atoms with E-state index in [2.05, 4.69) is 26.5 Å². The lowest BCUT2D eigenvalue weighted by atomic mass is 9.89. The molecule has 1 unspecified atom stereocenters. The number of carbonyl (C=O) groups is 1. The molecule has 0 spiro atoms. The van der Waals surface area contributed by atoms with Gasteiger partial charge >= 0.3 is 0 Å². The third-order valence-electron chi connectivity index (χ3n) is 5.82. The highest BCUT2D eigenvalue weighted by Crippen LogP contribution is 2.27. The quantitative estimate of drug-likeness (QED) is 0.631. The minimum Gasteiger partial charge on any atom is -0.356 e. The van der Waals surface area contributed by atoms with Gasteiger partial charge in [-0.1, -0.05) is 19.3 Å². The predicted molar refractivity (Wildman–Crippen MR) is 108 cm³/mol. The topological polar surface area (TPSA) is 65.8 Å². The highest BCUT2D eigenvalue weighted by atomic mass is 16.2. The largest absolute Gasteiger partial charge is 0.356 e. The Morgan fingerprint density at radius 2 is 2.07 bits per heavy atom. The van der Waals surface area contributed by atoms with Crippen molar-refractivity contribution in [3.05, 3.63) is 18.0 Å². The molecule has 7 heteroatoms. The molecule has 1 amide bonds. The summed E-state index contributed by atoms with van der Waals surface area (Å²) >= 11 is 0. The number of hydrogen-bond donors (Lipinski definition) is 1. The van der Waals surface area contributed by atoms with Gasteiger partial charge in [-0.15, -0.1) is 0 Å². The van der Waals surface area contributed by atoms with Gasteiger partial charge in [0.1, 0.15) is 6.54 Å². The summed E-state index contributed by atoms with van der Waals surface area (Å²) in [5.74, 6) is 2.13. The minimum absolute atomic E-state index is 0.0370. The maximum Gasteiger partial charge on any atom is 0.243 e. The zero-order valence-corrected chi connectivity index (χ0v) is 17.0. The van der Waals surface area contributed by atoms with Crippen LogP contribution in [0.3, 0.4) is 0 Å². The molecule has 1 atom stereocenters. The zero-order chi connectivity index (χ0) is 19.2. The Hall–Kier alpha value is -2.05. The molecule has 150 valence electrons. The lowest BCUT2D eigenvalue weighted by Crippen LogP contribution is -2.43. The second kappa shape index (κ2) is 9.24. The Bertz CT molecular complexity index is 647. The van der Waals surface area contributed by atoms with Crippen LogP contribution in [0.5, 0.6) is 0 Å². The first-order valence-corrected chi connectivity index (χ1v) is 10.2. The Kier molecular flexibility index (Phi) is 6.74. The molecule has 2 fully saturated rings. The molecule has 1 saturated carbocycles. The minimum atomic E-state index is 0.0370. The second-order valence-electron chi connectivity index (χ2n) is 8.19. The Labute approximate surface area is 162 Å². The summed E-state index contributed by atoms with van der Waals surface area (Å²) in [4.78, 5) is 20.6. The summed E-state index contributed by atoms with van der Waals surface area (Å²) < 4.78 is 1.87. The number of nitrogens with one attached hydrogen (secondary N) is 1. The molecule has 1 N–H and O–H groups in total. The number of aryl methyl sites for hydroxylation is 1. The number of carbonyl (C=O) groups excluding carboxylic acids is 1. The van der Waals surface area contributed by atoms with Crippen LogP contribution in [-0.2, 0) is 11.8 Å². The monoisotopic (exact) mass is 374 g/mol. The van der Waals surface area contributed by atoms with Gasteiger partial charge in [0.25, 0.3) is 0 Å². The summed E-state index contributed by atoms with van der Waals surface area (Å²) in [6, 6.07) is 0. The van der Waals surface area contributed by atoms with E-state index in [1.807, 2.05) is 17.9 Å². The third-order valence-corrected chi connectivity index (χ3v) is 5.82. The van der Waals surface area contributed by atoms with E-state index < -0.39 is 0 Å². The first-order valence-electron chi connectivity index (χ1n) is 10.2. The van der Waals surface area contributed by atoms with Gasteiger partial charge in [-0.3, -0.25) is 9.48 Å². The summed E-state index contributed by atoms with van der Waals surface area (Å²) in [5.41, 5.74) is 1.29. The molecule has 1 aliphatic heterocycles. The lowest BCUT2D eigenvalue weighted by molar-refractivity contribution is -0.127. The molecule has 0 radical (unpaired) electrons. The van der Waals surface area contributed by atoms with Crippen molar-refractivity contribution in [1.29, 1.82) is 0 Å². The molecule has 27 heavy (non-hydrogen) atoms. The van der Waals surface area contributed by atoms with E-state index in [1.54, 1.807) is 19.0 Å². The molecule has 1 aromatic heterocycles. The summed E-state index contributed by atoms with van der Waals surface area (Å²) in [6.45, 7) is 3.06. The van der Waals surface area contributed by atoms with E-state index in [9.17, 15) is 4.79 Å². The molecular weight excluding hydrogens is 340 g/mol. The van der Waals surface area contributed by atoms with Gasteiger partial charge < -0.3 is 15.1 Å². The predicted octanol–water partition coefficient (Wildman–Crippen LogP) is 1.82. The van der Waals surface area contributed by atoms with Crippen LogP contribution in [0.4, 0.5) is 0 Å². The van der Waals surface area contributed by atoms with Crippen molar-refractivity contribution in [2.75, 3.05) is 40.3 Å². The Morgan fingerprint density at radius 3 is 2.74 bits per heavy atom. The van der Waals surface area contributed by atoms with Gasteiger partial charge in [-0.05, 0) is 30.7 Å². The van der Waals surface area contributed by atoms with Crippen LogP contribution >= 0.6 is 0 Å². The van der Waals surface area contributed by atoms with Crippen LogP contribution < -0.4 is 5.32 Å². The van der Waals surface area contributed by atoms with Crippen molar-refractivity contribution in [2.24, 2.45) is 18.0 Å². The van der Waals surface area contributed by atoms with Gasteiger partial charge in [0.2, 0.25) is 5.91 Å². The zero-order valence-electron chi connectivity index (χ0n) is 17.0. The van der Waals surface area contributed by atoms with E-state index >= 15 is 0 Å². The molecule has 7 nitrogen and oxygen atoms in total. The normalized spacial score (nSPS) is 21.5. The Balaban J connectivity index is 1.63. The van der Waals surface area contributed by atoms with Crippen molar-refractivity contribution in [2.45, 2.75) is 44.4 Å². The maximum atomic E-state index is 12.0. The average molecular weight is 375 g/mol. The van der Waals surface area contributed by atoms with Crippen molar-refractivity contribution in [1.82, 2.24) is 24.9 Å². The number of likely N-dealkylation sites (N-methyl/N-ethyl adjacent to an activating group) is 1. The molecule has 1 aromatic rings.